The summed E-state index contributed by atoms with van der Waals surface area (Å²) >= 11 is 0. The first-order valence-corrected chi connectivity index (χ1v) is 7.25. The van der Waals surface area contributed by atoms with E-state index in [1.165, 1.54) is 4.90 Å². The second-order valence-electron chi connectivity index (χ2n) is 5.59. The number of benzene rings is 1. The number of amides is 3. The summed E-state index contributed by atoms with van der Waals surface area (Å²) in [6.45, 7) is 1.56. The quantitative estimate of drug-likeness (QED) is 0.873. The number of nitrogens with zero attached hydrogens (tertiary/aromatic N) is 2. The number of nitrogens with one attached hydrogen (secondary N) is 1. The lowest BCUT2D eigenvalue weighted by molar-refractivity contribution is 0.103. The van der Waals surface area contributed by atoms with E-state index >= 15 is 0 Å². The van der Waals surface area contributed by atoms with E-state index in [2.05, 4.69) is 5.32 Å². The summed E-state index contributed by atoms with van der Waals surface area (Å²) in [5, 5.41) is 12.1. The summed E-state index contributed by atoms with van der Waals surface area (Å²) in [4.78, 5) is 26.5. The van der Waals surface area contributed by atoms with E-state index in [1.807, 2.05) is 30.3 Å². The SMILES string of the molecule is O=C(O)N1CCCC(N2CC(c3ccccc3)NC2=O)C1. The smallest absolute Gasteiger partial charge is 0.407 e. The summed E-state index contributed by atoms with van der Waals surface area (Å²) in [5.74, 6) is 0. The minimum atomic E-state index is -0.904. The van der Waals surface area contributed by atoms with Crippen molar-refractivity contribution in [3.8, 4) is 0 Å². The van der Waals surface area contributed by atoms with Crippen LogP contribution in [0, 0.1) is 0 Å². The van der Waals surface area contributed by atoms with Gasteiger partial charge in [-0.2, -0.15) is 0 Å². The first kappa shape index (κ1) is 13.7. The largest absolute Gasteiger partial charge is 0.465 e. The summed E-state index contributed by atoms with van der Waals surface area (Å²) in [5.41, 5.74) is 1.08. The first-order valence-electron chi connectivity index (χ1n) is 7.25. The number of hydrogen-bond donors (Lipinski definition) is 2. The molecule has 2 unspecified atom stereocenters. The van der Waals surface area contributed by atoms with Gasteiger partial charge in [-0.1, -0.05) is 30.3 Å². The van der Waals surface area contributed by atoms with Crippen molar-refractivity contribution in [1.29, 1.82) is 0 Å². The van der Waals surface area contributed by atoms with Crippen LogP contribution in [0.5, 0.6) is 0 Å². The molecule has 2 heterocycles. The van der Waals surface area contributed by atoms with Crippen LogP contribution in [0.15, 0.2) is 30.3 Å². The summed E-state index contributed by atoms with van der Waals surface area (Å²) in [6, 6.07) is 9.72. The van der Waals surface area contributed by atoms with Crippen molar-refractivity contribution in [2.75, 3.05) is 19.6 Å². The van der Waals surface area contributed by atoms with Crippen LogP contribution in [0.4, 0.5) is 9.59 Å². The fourth-order valence-corrected chi connectivity index (χ4v) is 3.13. The third kappa shape index (κ3) is 2.79. The predicted octanol–water partition coefficient (Wildman–Crippen LogP) is 1.90. The van der Waals surface area contributed by atoms with Crippen molar-refractivity contribution in [2.24, 2.45) is 0 Å². The highest BCUT2D eigenvalue weighted by molar-refractivity contribution is 5.77. The molecule has 112 valence electrons. The standard InChI is InChI=1S/C15H19N3O3/c19-14-16-13(11-5-2-1-3-6-11)10-18(14)12-7-4-8-17(9-12)15(20)21/h1-3,5-6,12-13H,4,7-10H2,(H,16,19)(H,20,21). The molecule has 0 aromatic heterocycles. The maximum atomic E-state index is 12.2. The molecule has 1 aromatic carbocycles. The molecule has 2 saturated heterocycles. The fourth-order valence-electron chi connectivity index (χ4n) is 3.13. The van der Waals surface area contributed by atoms with Gasteiger partial charge >= 0.3 is 12.1 Å². The van der Waals surface area contributed by atoms with Gasteiger partial charge < -0.3 is 20.2 Å². The van der Waals surface area contributed by atoms with Gasteiger partial charge in [0.25, 0.3) is 0 Å². The molecule has 0 radical (unpaired) electrons. The van der Waals surface area contributed by atoms with Crippen molar-refractivity contribution >= 4 is 12.1 Å². The zero-order valence-electron chi connectivity index (χ0n) is 11.7. The van der Waals surface area contributed by atoms with Crippen LogP contribution in [0.25, 0.3) is 0 Å². The number of carboxylic acid groups (broad SMARTS) is 1. The number of hydrogen-bond acceptors (Lipinski definition) is 2. The Kier molecular flexibility index (Phi) is 3.68. The summed E-state index contributed by atoms with van der Waals surface area (Å²) in [7, 11) is 0. The molecular weight excluding hydrogens is 270 g/mol. The van der Waals surface area contributed by atoms with Gasteiger partial charge in [0.2, 0.25) is 0 Å². The highest BCUT2D eigenvalue weighted by Gasteiger charge is 2.37. The van der Waals surface area contributed by atoms with Crippen LogP contribution < -0.4 is 5.32 Å². The van der Waals surface area contributed by atoms with Crippen molar-refractivity contribution in [2.45, 2.75) is 24.9 Å². The van der Waals surface area contributed by atoms with Gasteiger partial charge in [0, 0.05) is 19.6 Å². The Bertz CT molecular complexity index is 534. The normalized spacial score (nSPS) is 25.8. The molecule has 0 aliphatic carbocycles. The predicted molar refractivity (Wildman–Crippen MR) is 77.0 cm³/mol. The van der Waals surface area contributed by atoms with Crippen LogP contribution in [-0.4, -0.2) is 52.7 Å². The number of carbonyl (C=O) groups is 2. The van der Waals surface area contributed by atoms with Crippen LogP contribution in [0.3, 0.4) is 0 Å². The van der Waals surface area contributed by atoms with E-state index in [-0.39, 0.29) is 18.1 Å². The maximum absolute atomic E-state index is 12.2. The molecule has 2 aliphatic heterocycles. The molecule has 0 saturated carbocycles. The number of urea groups is 1. The monoisotopic (exact) mass is 289 g/mol. The zero-order valence-corrected chi connectivity index (χ0v) is 11.7. The molecule has 6 heteroatoms. The molecule has 3 rings (SSSR count). The van der Waals surface area contributed by atoms with Crippen molar-refractivity contribution in [3.05, 3.63) is 35.9 Å². The van der Waals surface area contributed by atoms with Crippen LogP contribution in [0.1, 0.15) is 24.4 Å². The molecule has 0 bridgehead atoms. The summed E-state index contributed by atoms with van der Waals surface area (Å²) in [6.07, 6.45) is 0.758. The Morgan fingerprint density at radius 1 is 1.24 bits per heavy atom. The topological polar surface area (TPSA) is 72.9 Å². The van der Waals surface area contributed by atoms with Crippen molar-refractivity contribution in [1.82, 2.24) is 15.1 Å². The molecule has 0 spiro atoms. The van der Waals surface area contributed by atoms with Gasteiger partial charge in [-0.25, -0.2) is 9.59 Å². The maximum Gasteiger partial charge on any atom is 0.407 e. The van der Waals surface area contributed by atoms with E-state index < -0.39 is 6.09 Å². The Balaban J connectivity index is 1.69. The highest BCUT2D eigenvalue weighted by Crippen LogP contribution is 2.25. The van der Waals surface area contributed by atoms with E-state index in [0.29, 0.717) is 19.6 Å². The van der Waals surface area contributed by atoms with E-state index in [4.69, 9.17) is 5.11 Å². The molecule has 2 aliphatic rings. The molecule has 2 atom stereocenters. The van der Waals surface area contributed by atoms with E-state index in [0.717, 1.165) is 18.4 Å². The van der Waals surface area contributed by atoms with Gasteiger partial charge in [0.05, 0.1) is 12.1 Å². The third-order valence-electron chi connectivity index (χ3n) is 4.25. The lowest BCUT2D eigenvalue weighted by Gasteiger charge is -2.35. The first-order chi connectivity index (χ1) is 10.1. The average Bonchev–Trinajstić information content (AvgIpc) is 2.90. The van der Waals surface area contributed by atoms with Crippen LogP contribution >= 0.6 is 0 Å². The average molecular weight is 289 g/mol. The third-order valence-corrected chi connectivity index (χ3v) is 4.25. The Labute approximate surface area is 123 Å². The Morgan fingerprint density at radius 2 is 2.00 bits per heavy atom. The molecule has 2 N–H and O–H groups in total. The van der Waals surface area contributed by atoms with Crippen molar-refractivity contribution in [3.63, 3.8) is 0 Å². The summed E-state index contributed by atoms with van der Waals surface area (Å²) < 4.78 is 0. The minimum Gasteiger partial charge on any atom is -0.465 e. The van der Waals surface area contributed by atoms with Crippen LogP contribution in [-0.2, 0) is 0 Å². The fraction of sp³-hybridized carbons (Fsp3) is 0.467. The molecule has 21 heavy (non-hydrogen) atoms. The minimum absolute atomic E-state index is 0.0149. The number of likely N-dealkylation sites (tertiary alicyclic amines) is 1. The van der Waals surface area contributed by atoms with E-state index in [1.54, 1.807) is 4.90 Å². The second-order valence-corrected chi connectivity index (χ2v) is 5.59. The Morgan fingerprint density at radius 3 is 2.71 bits per heavy atom. The lowest BCUT2D eigenvalue weighted by atomic mass is 10.0. The van der Waals surface area contributed by atoms with E-state index in [9.17, 15) is 9.59 Å². The highest BCUT2D eigenvalue weighted by atomic mass is 16.4. The van der Waals surface area contributed by atoms with Gasteiger partial charge in [-0.05, 0) is 18.4 Å². The molecule has 3 amide bonds. The van der Waals surface area contributed by atoms with Gasteiger partial charge in [-0.15, -0.1) is 0 Å². The number of carbonyl (C=O) groups excluding carboxylic acids is 1. The lowest BCUT2D eigenvalue weighted by Crippen LogP contribution is -2.50. The van der Waals surface area contributed by atoms with Crippen LogP contribution in [0.2, 0.25) is 0 Å². The number of rotatable bonds is 2. The zero-order chi connectivity index (χ0) is 14.8. The molecule has 6 nitrogen and oxygen atoms in total. The molecule has 2 fully saturated rings. The number of piperidine rings is 1. The van der Waals surface area contributed by atoms with Gasteiger partial charge in [0.1, 0.15) is 0 Å². The van der Waals surface area contributed by atoms with Gasteiger partial charge in [0.15, 0.2) is 0 Å². The van der Waals surface area contributed by atoms with Crippen molar-refractivity contribution < 1.29 is 14.7 Å². The molecule has 1 aromatic rings. The van der Waals surface area contributed by atoms with Gasteiger partial charge in [-0.3, -0.25) is 0 Å². The second kappa shape index (κ2) is 5.63. The Hall–Kier alpha value is -2.24. The molecular formula is C15H19N3O3.